The molecule has 3 N–H and O–H groups in total. The van der Waals surface area contributed by atoms with Gasteiger partial charge in [0.15, 0.2) is 0 Å². The lowest BCUT2D eigenvalue weighted by Crippen LogP contribution is -2.24. The number of nitrogens with one attached hydrogen (secondary N) is 1. The molecule has 0 radical (unpaired) electrons. The monoisotopic (exact) mass is 170 g/mol. The molecular formula is C8H14N2O2. The Hall–Kier alpha value is -0.900. The Bertz CT molecular complexity index is 182. The predicted octanol–water partition coefficient (Wildman–Crippen LogP) is -0.571. The standard InChI is InChI=1S/C8H14N2O2/c9-7(5-11)2-1-6-3-4-10-8(6)12/h5-7H,1-4,9H2,(H,10,12)/t6?,7-/m0/s1. The van der Waals surface area contributed by atoms with Crippen LogP contribution in [0.1, 0.15) is 19.3 Å². The molecule has 0 saturated carbocycles. The molecule has 1 aliphatic heterocycles. The minimum atomic E-state index is -0.404. The molecule has 0 aromatic heterocycles. The zero-order valence-corrected chi connectivity index (χ0v) is 6.95. The topological polar surface area (TPSA) is 72.2 Å². The quantitative estimate of drug-likeness (QED) is 0.555. The summed E-state index contributed by atoms with van der Waals surface area (Å²) in [5.41, 5.74) is 5.40. The molecule has 68 valence electrons. The molecule has 0 aromatic carbocycles. The lowest BCUT2D eigenvalue weighted by molar-refractivity contribution is -0.122. The van der Waals surface area contributed by atoms with Gasteiger partial charge >= 0.3 is 0 Å². The van der Waals surface area contributed by atoms with Gasteiger partial charge in [-0.2, -0.15) is 0 Å². The van der Waals surface area contributed by atoms with Crippen molar-refractivity contribution in [3.05, 3.63) is 0 Å². The van der Waals surface area contributed by atoms with Gasteiger partial charge in [0.2, 0.25) is 5.91 Å². The molecule has 4 nitrogen and oxygen atoms in total. The van der Waals surface area contributed by atoms with Crippen LogP contribution in [-0.4, -0.2) is 24.8 Å². The Labute approximate surface area is 71.5 Å². The van der Waals surface area contributed by atoms with Crippen LogP contribution >= 0.6 is 0 Å². The van der Waals surface area contributed by atoms with E-state index in [1.54, 1.807) is 0 Å². The van der Waals surface area contributed by atoms with Gasteiger partial charge in [-0.3, -0.25) is 4.79 Å². The molecule has 0 spiro atoms. The maximum atomic E-state index is 11.0. The van der Waals surface area contributed by atoms with Crippen molar-refractivity contribution in [2.24, 2.45) is 11.7 Å². The molecule has 1 saturated heterocycles. The van der Waals surface area contributed by atoms with Gasteiger partial charge in [0, 0.05) is 12.5 Å². The second kappa shape index (κ2) is 4.21. The third kappa shape index (κ3) is 2.30. The summed E-state index contributed by atoms with van der Waals surface area (Å²) in [4.78, 5) is 21.2. The zero-order chi connectivity index (χ0) is 8.97. The number of amides is 1. The van der Waals surface area contributed by atoms with Gasteiger partial charge in [0.25, 0.3) is 0 Å². The van der Waals surface area contributed by atoms with E-state index in [1.165, 1.54) is 0 Å². The molecular weight excluding hydrogens is 156 g/mol. The molecule has 1 amide bonds. The predicted molar refractivity (Wildman–Crippen MR) is 44.4 cm³/mol. The third-order valence-corrected chi connectivity index (χ3v) is 2.19. The van der Waals surface area contributed by atoms with Crippen molar-refractivity contribution in [3.63, 3.8) is 0 Å². The van der Waals surface area contributed by atoms with Crippen molar-refractivity contribution in [1.29, 1.82) is 0 Å². The number of aldehydes is 1. The average molecular weight is 170 g/mol. The van der Waals surface area contributed by atoms with Crippen LogP contribution in [0.4, 0.5) is 0 Å². The largest absolute Gasteiger partial charge is 0.356 e. The van der Waals surface area contributed by atoms with E-state index in [9.17, 15) is 9.59 Å². The van der Waals surface area contributed by atoms with Gasteiger partial charge in [-0.25, -0.2) is 0 Å². The summed E-state index contributed by atoms with van der Waals surface area (Å²) in [5, 5.41) is 2.74. The van der Waals surface area contributed by atoms with Crippen molar-refractivity contribution in [2.75, 3.05) is 6.54 Å². The second-order valence-corrected chi connectivity index (χ2v) is 3.15. The number of hydrogen-bond donors (Lipinski definition) is 2. The van der Waals surface area contributed by atoms with Crippen molar-refractivity contribution < 1.29 is 9.59 Å². The van der Waals surface area contributed by atoms with Crippen LogP contribution in [0.3, 0.4) is 0 Å². The van der Waals surface area contributed by atoms with Gasteiger partial charge in [-0.05, 0) is 19.3 Å². The summed E-state index contributed by atoms with van der Waals surface area (Å²) in [6.45, 7) is 0.764. The Kier molecular flexibility index (Phi) is 3.22. The normalized spacial score (nSPS) is 25.1. The first-order chi connectivity index (χ1) is 5.74. The number of nitrogens with two attached hydrogens (primary N) is 1. The highest BCUT2D eigenvalue weighted by atomic mass is 16.2. The first kappa shape index (κ1) is 9.19. The Morgan fingerprint density at radius 3 is 3.00 bits per heavy atom. The average Bonchev–Trinajstić information content (AvgIpc) is 2.47. The third-order valence-electron chi connectivity index (χ3n) is 2.19. The summed E-state index contributed by atoms with van der Waals surface area (Å²) in [6.07, 6.45) is 2.95. The lowest BCUT2D eigenvalue weighted by atomic mass is 9.99. The van der Waals surface area contributed by atoms with Crippen LogP contribution in [0.5, 0.6) is 0 Å². The summed E-state index contributed by atoms with van der Waals surface area (Å²) in [6, 6.07) is -0.404. The van der Waals surface area contributed by atoms with Crippen LogP contribution in [0, 0.1) is 5.92 Å². The minimum absolute atomic E-state index is 0.0796. The maximum Gasteiger partial charge on any atom is 0.223 e. The first-order valence-electron chi connectivity index (χ1n) is 4.22. The molecule has 0 bridgehead atoms. The first-order valence-corrected chi connectivity index (χ1v) is 4.22. The number of hydrogen-bond acceptors (Lipinski definition) is 3. The minimum Gasteiger partial charge on any atom is -0.356 e. The van der Waals surface area contributed by atoms with E-state index in [4.69, 9.17) is 5.73 Å². The van der Waals surface area contributed by atoms with Crippen molar-refractivity contribution in [1.82, 2.24) is 5.32 Å². The molecule has 1 unspecified atom stereocenters. The van der Waals surface area contributed by atoms with E-state index < -0.39 is 6.04 Å². The molecule has 1 rings (SSSR count). The lowest BCUT2D eigenvalue weighted by Gasteiger charge is -2.07. The number of carbonyl (C=O) groups excluding carboxylic acids is 2. The molecule has 0 aromatic rings. The van der Waals surface area contributed by atoms with E-state index >= 15 is 0 Å². The van der Waals surface area contributed by atoms with Crippen LogP contribution in [0.25, 0.3) is 0 Å². The van der Waals surface area contributed by atoms with Crippen LogP contribution in [0.15, 0.2) is 0 Å². The molecule has 12 heavy (non-hydrogen) atoms. The van der Waals surface area contributed by atoms with E-state index in [1.807, 2.05) is 0 Å². The van der Waals surface area contributed by atoms with Gasteiger partial charge in [-0.1, -0.05) is 0 Å². The summed E-state index contributed by atoms with van der Waals surface area (Å²) in [5.74, 6) is 0.184. The van der Waals surface area contributed by atoms with Gasteiger partial charge < -0.3 is 15.8 Å². The fourth-order valence-electron chi connectivity index (χ4n) is 1.38. The number of carbonyl (C=O) groups is 2. The Morgan fingerprint density at radius 1 is 1.75 bits per heavy atom. The van der Waals surface area contributed by atoms with Crippen LogP contribution < -0.4 is 11.1 Å². The molecule has 1 heterocycles. The second-order valence-electron chi connectivity index (χ2n) is 3.15. The van der Waals surface area contributed by atoms with Crippen LogP contribution in [-0.2, 0) is 9.59 Å². The summed E-state index contributed by atoms with van der Waals surface area (Å²) in [7, 11) is 0. The van der Waals surface area contributed by atoms with Gasteiger partial charge in [0.1, 0.15) is 6.29 Å². The molecule has 2 atom stereocenters. The summed E-state index contributed by atoms with van der Waals surface area (Å²) < 4.78 is 0. The highest BCUT2D eigenvalue weighted by Crippen LogP contribution is 2.15. The zero-order valence-electron chi connectivity index (χ0n) is 6.95. The highest BCUT2D eigenvalue weighted by molar-refractivity contribution is 5.80. The van der Waals surface area contributed by atoms with Crippen LogP contribution in [0.2, 0.25) is 0 Å². The van der Waals surface area contributed by atoms with Crippen molar-refractivity contribution >= 4 is 12.2 Å². The van der Waals surface area contributed by atoms with Gasteiger partial charge in [-0.15, -0.1) is 0 Å². The highest BCUT2D eigenvalue weighted by Gasteiger charge is 2.23. The molecule has 4 heteroatoms. The van der Waals surface area contributed by atoms with E-state index in [0.717, 1.165) is 25.7 Å². The van der Waals surface area contributed by atoms with E-state index in [0.29, 0.717) is 6.42 Å². The van der Waals surface area contributed by atoms with Gasteiger partial charge in [0.05, 0.1) is 6.04 Å². The fraction of sp³-hybridized carbons (Fsp3) is 0.750. The fourth-order valence-corrected chi connectivity index (χ4v) is 1.38. The van der Waals surface area contributed by atoms with Crippen molar-refractivity contribution in [3.8, 4) is 0 Å². The van der Waals surface area contributed by atoms with Crippen molar-refractivity contribution in [2.45, 2.75) is 25.3 Å². The molecule has 0 aliphatic carbocycles. The molecule has 1 aliphatic rings. The smallest absolute Gasteiger partial charge is 0.223 e. The Balaban J connectivity index is 2.22. The summed E-state index contributed by atoms with van der Waals surface area (Å²) >= 11 is 0. The van der Waals surface area contributed by atoms with E-state index in [-0.39, 0.29) is 11.8 Å². The van der Waals surface area contributed by atoms with E-state index in [2.05, 4.69) is 5.32 Å². The molecule has 1 fully saturated rings. The SMILES string of the molecule is N[C@H](C=O)CCC1CCNC1=O. The number of rotatable bonds is 4. The Morgan fingerprint density at radius 2 is 2.50 bits per heavy atom. The maximum absolute atomic E-state index is 11.0.